The quantitative estimate of drug-likeness (QED) is 0.631. The van der Waals surface area contributed by atoms with E-state index in [1.807, 2.05) is 27.7 Å². The second-order valence-corrected chi connectivity index (χ2v) is 5.12. The summed E-state index contributed by atoms with van der Waals surface area (Å²) in [4.78, 5) is 25.8. The van der Waals surface area contributed by atoms with Crippen molar-refractivity contribution < 1.29 is 14.3 Å². The molecule has 1 saturated heterocycles. The van der Waals surface area contributed by atoms with E-state index in [4.69, 9.17) is 4.74 Å². The molecule has 0 aromatic heterocycles. The fraction of sp³-hybridized carbons (Fsp3) is 0.818. The fourth-order valence-electron chi connectivity index (χ4n) is 1.62. The van der Waals surface area contributed by atoms with Crippen molar-refractivity contribution in [3.05, 3.63) is 0 Å². The Morgan fingerprint density at radius 1 is 1.38 bits per heavy atom. The van der Waals surface area contributed by atoms with Crippen LogP contribution in [0.5, 0.6) is 0 Å². The largest absolute Gasteiger partial charge is 0.444 e. The lowest BCUT2D eigenvalue weighted by atomic mass is 10.2. The zero-order valence-electron chi connectivity index (χ0n) is 10.4. The molecule has 0 bridgehead atoms. The number of amides is 2. The average Bonchev–Trinajstić information content (AvgIpc) is 2.15. The normalized spacial score (nSPS) is 21.9. The first-order valence-electron chi connectivity index (χ1n) is 5.52. The van der Waals surface area contributed by atoms with Gasteiger partial charge >= 0.3 is 6.09 Å². The van der Waals surface area contributed by atoms with Crippen molar-refractivity contribution in [2.75, 3.05) is 19.6 Å². The number of hydrogen-bond donors (Lipinski definition) is 0. The monoisotopic (exact) mass is 228 g/mol. The van der Waals surface area contributed by atoms with Gasteiger partial charge in [-0.1, -0.05) is 0 Å². The summed E-state index contributed by atoms with van der Waals surface area (Å²) < 4.78 is 5.27. The number of ether oxygens (including phenoxy) is 1. The summed E-state index contributed by atoms with van der Waals surface area (Å²) in [6, 6.07) is 0.0544. The topological polar surface area (TPSA) is 49.9 Å². The van der Waals surface area contributed by atoms with E-state index in [0.717, 1.165) is 6.41 Å². The summed E-state index contributed by atoms with van der Waals surface area (Å²) in [6.45, 7) is 9.10. The van der Waals surface area contributed by atoms with Crippen molar-refractivity contribution in [3.8, 4) is 0 Å². The van der Waals surface area contributed by atoms with Gasteiger partial charge < -0.3 is 14.5 Å². The molecule has 16 heavy (non-hydrogen) atoms. The SMILES string of the molecule is CC1CN(C(=O)OC(C)(C)C)CCN1C=O. The van der Waals surface area contributed by atoms with E-state index >= 15 is 0 Å². The van der Waals surface area contributed by atoms with Crippen LogP contribution in [0, 0.1) is 0 Å². The lowest BCUT2D eigenvalue weighted by molar-refractivity contribution is -0.122. The highest BCUT2D eigenvalue weighted by atomic mass is 16.6. The summed E-state index contributed by atoms with van der Waals surface area (Å²) in [7, 11) is 0. The van der Waals surface area contributed by atoms with E-state index in [1.54, 1.807) is 9.80 Å². The van der Waals surface area contributed by atoms with Gasteiger partial charge in [0.15, 0.2) is 0 Å². The van der Waals surface area contributed by atoms with Crippen LogP contribution in [-0.2, 0) is 9.53 Å². The molecule has 5 heteroatoms. The Kier molecular flexibility index (Phi) is 3.78. The highest BCUT2D eigenvalue weighted by Gasteiger charge is 2.28. The van der Waals surface area contributed by atoms with E-state index in [2.05, 4.69) is 0 Å². The molecule has 0 spiro atoms. The molecular formula is C11H20N2O3. The standard InChI is InChI=1S/C11H20N2O3/c1-9-7-12(5-6-13(9)8-14)10(15)16-11(2,3)4/h8-9H,5-7H2,1-4H3. The highest BCUT2D eigenvalue weighted by molar-refractivity contribution is 5.68. The van der Waals surface area contributed by atoms with Gasteiger partial charge in [-0.2, -0.15) is 0 Å². The van der Waals surface area contributed by atoms with E-state index in [9.17, 15) is 9.59 Å². The van der Waals surface area contributed by atoms with Crippen molar-refractivity contribution >= 4 is 12.5 Å². The smallest absolute Gasteiger partial charge is 0.410 e. The van der Waals surface area contributed by atoms with Crippen LogP contribution in [-0.4, -0.2) is 53.6 Å². The first-order valence-corrected chi connectivity index (χ1v) is 5.52. The molecule has 0 aromatic rings. The maximum Gasteiger partial charge on any atom is 0.410 e. The summed E-state index contributed by atoms with van der Waals surface area (Å²) in [5, 5.41) is 0. The second kappa shape index (κ2) is 4.72. The van der Waals surface area contributed by atoms with Crippen molar-refractivity contribution in [2.24, 2.45) is 0 Å². The van der Waals surface area contributed by atoms with Crippen LogP contribution in [0.2, 0.25) is 0 Å². The minimum Gasteiger partial charge on any atom is -0.444 e. The van der Waals surface area contributed by atoms with Crippen LogP contribution < -0.4 is 0 Å². The maximum atomic E-state index is 11.8. The Balaban J connectivity index is 2.51. The molecule has 2 amide bonds. The first-order chi connectivity index (χ1) is 7.33. The molecule has 1 fully saturated rings. The molecule has 0 N–H and O–H groups in total. The van der Waals surface area contributed by atoms with Crippen LogP contribution in [0.4, 0.5) is 4.79 Å². The highest BCUT2D eigenvalue weighted by Crippen LogP contribution is 2.13. The van der Waals surface area contributed by atoms with Gasteiger partial charge in [0.1, 0.15) is 5.60 Å². The summed E-state index contributed by atoms with van der Waals surface area (Å²) >= 11 is 0. The molecule has 1 heterocycles. The first kappa shape index (κ1) is 12.8. The minimum atomic E-state index is -0.470. The van der Waals surface area contributed by atoms with Crippen molar-refractivity contribution in [3.63, 3.8) is 0 Å². The van der Waals surface area contributed by atoms with Crippen LogP contribution in [0.3, 0.4) is 0 Å². The van der Waals surface area contributed by atoms with Gasteiger partial charge in [0.25, 0.3) is 0 Å². The second-order valence-electron chi connectivity index (χ2n) is 5.12. The van der Waals surface area contributed by atoms with E-state index in [-0.39, 0.29) is 12.1 Å². The number of nitrogens with zero attached hydrogens (tertiary/aromatic N) is 2. The molecule has 1 rings (SSSR count). The van der Waals surface area contributed by atoms with E-state index in [1.165, 1.54) is 0 Å². The number of piperazine rings is 1. The molecule has 0 saturated carbocycles. The number of carbonyl (C=O) groups is 2. The van der Waals surface area contributed by atoms with Crippen molar-refractivity contribution in [1.29, 1.82) is 0 Å². The van der Waals surface area contributed by atoms with Gasteiger partial charge in [0, 0.05) is 25.7 Å². The minimum absolute atomic E-state index is 0.0544. The third-order valence-corrected chi connectivity index (χ3v) is 2.47. The third-order valence-electron chi connectivity index (χ3n) is 2.47. The van der Waals surface area contributed by atoms with Crippen molar-refractivity contribution in [1.82, 2.24) is 9.80 Å². The molecule has 92 valence electrons. The average molecular weight is 228 g/mol. The van der Waals surface area contributed by atoms with Gasteiger partial charge in [-0.15, -0.1) is 0 Å². The number of carbonyl (C=O) groups excluding carboxylic acids is 2. The van der Waals surface area contributed by atoms with E-state index < -0.39 is 5.60 Å². The molecule has 0 radical (unpaired) electrons. The zero-order chi connectivity index (χ0) is 12.3. The molecule has 1 aliphatic rings. The maximum absolute atomic E-state index is 11.8. The van der Waals surface area contributed by atoms with Gasteiger partial charge in [-0.25, -0.2) is 4.79 Å². The molecular weight excluding hydrogens is 208 g/mol. The Bertz CT molecular complexity index is 273. The van der Waals surface area contributed by atoms with Crippen molar-refractivity contribution in [2.45, 2.75) is 39.3 Å². The van der Waals surface area contributed by atoms with Gasteiger partial charge in [-0.05, 0) is 27.7 Å². The van der Waals surface area contributed by atoms with Crippen LogP contribution in [0.25, 0.3) is 0 Å². The third kappa shape index (κ3) is 3.40. The van der Waals surface area contributed by atoms with Gasteiger partial charge in [-0.3, -0.25) is 4.79 Å². The van der Waals surface area contributed by atoms with Gasteiger partial charge in [0.2, 0.25) is 6.41 Å². The predicted octanol–water partition coefficient (Wildman–Crippen LogP) is 1.08. The zero-order valence-corrected chi connectivity index (χ0v) is 10.4. The Labute approximate surface area is 96.3 Å². The molecule has 5 nitrogen and oxygen atoms in total. The van der Waals surface area contributed by atoms with Crippen LogP contribution in [0.15, 0.2) is 0 Å². The lowest BCUT2D eigenvalue weighted by Crippen LogP contribution is -2.53. The Morgan fingerprint density at radius 3 is 2.44 bits per heavy atom. The molecule has 1 unspecified atom stereocenters. The molecule has 1 aliphatic heterocycles. The molecule has 0 aliphatic carbocycles. The molecule has 0 aromatic carbocycles. The summed E-state index contributed by atoms with van der Waals surface area (Å²) in [5.41, 5.74) is -0.470. The number of rotatable bonds is 1. The number of hydrogen-bond acceptors (Lipinski definition) is 3. The van der Waals surface area contributed by atoms with E-state index in [0.29, 0.717) is 19.6 Å². The summed E-state index contributed by atoms with van der Waals surface area (Å²) in [6.07, 6.45) is 0.529. The van der Waals surface area contributed by atoms with Gasteiger partial charge in [0.05, 0.1) is 0 Å². The summed E-state index contributed by atoms with van der Waals surface area (Å²) in [5.74, 6) is 0. The fourth-order valence-corrected chi connectivity index (χ4v) is 1.62. The van der Waals surface area contributed by atoms with Crippen LogP contribution in [0.1, 0.15) is 27.7 Å². The molecule has 1 atom stereocenters. The predicted molar refractivity (Wildman–Crippen MR) is 60.0 cm³/mol. The Morgan fingerprint density at radius 2 is 2.00 bits per heavy atom. The Hall–Kier alpha value is -1.26. The lowest BCUT2D eigenvalue weighted by Gasteiger charge is -2.38. The van der Waals surface area contributed by atoms with Crippen LogP contribution >= 0.6 is 0 Å².